The average Bonchev–Trinajstić information content (AvgIpc) is 3.25. The molecule has 2 aliphatic rings. The molecule has 0 spiro atoms. The molecule has 1 N–H and O–H groups in total. The summed E-state index contributed by atoms with van der Waals surface area (Å²) >= 11 is 0. The number of aliphatic hydroxyl groups excluding tert-OH is 1. The number of halogens is 1. The van der Waals surface area contributed by atoms with Crippen molar-refractivity contribution in [1.29, 1.82) is 0 Å². The first-order valence-corrected chi connectivity index (χ1v) is 12.6. The first-order chi connectivity index (χ1) is 15.8. The summed E-state index contributed by atoms with van der Waals surface area (Å²) < 4.78 is 43.6. The summed E-state index contributed by atoms with van der Waals surface area (Å²) in [4.78, 5) is 2.30. The summed E-state index contributed by atoms with van der Waals surface area (Å²) in [5.41, 5.74) is 3.78. The fraction of sp³-hybridized carbons (Fsp3) is 0.308. The largest absolute Gasteiger partial charge is 0.394 e. The summed E-state index contributed by atoms with van der Waals surface area (Å²) in [6, 6.07) is 18.6. The normalized spacial score (nSPS) is 22.8. The summed E-state index contributed by atoms with van der Waals surface area (Å²) in [6.07, 6.45) is 0.647. The van der Waals surface area contributed by atoms with Crippen molar-refractivity contribution in [3.05, 3.63) is 83.7 Å². The number of aryl methyl sites for hydroxylation is 1. The van der Waals surface area contributed by atoms with E-state index in [1.54, 1.807) is 40.7 Å². The molecule has 3 aromatic rings. The van der Waals surface area contributed by atoms with Gasteiger partial charge in [-0.3, -0.25) is 0 Å². The molecule has 5 nitrogen and oxygen atoms in total. The van der Waals surface area contributed by atoms with Gasteiger partial charge in [0.1, 0.15) is 5.82 Å². The van der Waals surface area contributed by atoms with Gasteiger partial charge in [0.2, 0.25) is 10.0 Å². The summed E-state index contributed by atoms with van der Waals surface area (Å²) in [6.45, 7) is 2.18. The lowest BCUT2D eigenvalue weighted by atomic mass is 9.81. The Bertz CT molecular complexity index is 1310. The van der Waals surface area contributed by atoms with Crippen LogP contribution in [0.15, 0.2) is 71.6 Å². The van der Waals surface area contributed by atoms with Gasteiger partial charge in [-0.15, -0.1) is 0 Å². The molecule has 0 radical (unpaired) electrons. The highest BCUT2D eigenvalue weighted by Crippen LogP contribution is 2.51. The zero-order chi connectivity index (χ0) is 23.3. The van der Waals surface area contributed by atoms with E-state index in [1.165, 1.54) is 6.07 Å². The second-order valence-corrected chi connectivity index (χ2v) is 10.8. The molecule has 2 aliphatic heterocycles. The fourth-order valence-electron chi connectivity index (χ4n) is 5.46. The van der Waals surface area contributed by atoms with Crippen LogP contribution in [-0.2, 0) is 10.0 Å². The molecule has 7 heteroatoms. The van der Waals surface area contributed by atoms with Crippen molar-refractivity contribution in [2.75, 3.05) is 25.1 Å². The lowest BCUT2D eigenvalue weighted by Gasteiger charge is -2.44. The number of fused-ring (bicyclic) bond motifs is 3. The molecule has 0 unspecified atom stereocenters. The van der Waals surface area contributed by atoms with E-state index < -0.39 is 16.1 Å². The molecule has 33 heavy (non-hydrogen) atoms. The van der Waals surface area contributed by atoms with Gasteiger partial charge in [0, 0.05) is 30.8 Å². The lowest BCUT2D eigenvalue weighted by molar-refractivity contribution is 0.193. The molecular formula is C26H27FN2O3S. The Hall–Kier alpha value is -2.74. The van der Waals surface area contributed by atoms with Crippen LogP contribution in [0.2, 0.25) is 0 Å². The van der Waals surface area contributed by atoms with Crippen LogP contribution in [-0.4, -0.2) is 44.1 Å². The van der Waals surface area contributed by atoms with E-state index in [0.29, 0.717) is 24.1 Å². The fourth-order valence-corrected chi connectivity index (χ4v) is 7.23. The molecule has 0 aromatic heterocycles. The monoisotopic (exact) mass is 466 g/mol. The number of anilines is 1. The molecule has 3 atom stereocenters. The van der Waals surface area contributed by atoms with Gasteiger partial charge in [0.25, 0.3) is 0 Å². The first-order valence-electron chi connectivity index (χ1n) is 11.1. The molecule has 0 aliphatic carbocycles. The number of hydrogen-bond acceptors (Lipinski definition) is 4. The van der Waals surface area contributed by atoms with Crippen molar-refractivity contribution < 1.29 is 17.9 Å². The number of benzene rings is 3. The van der Waals surface area contributed by atoms with Crippen molar-refractivity contribution in [3.8, 4) is 11.1 Å². The van der Waals surface area contributed by atoms with Crippen LogP contribution in [0.1, 0.15) is 23.6 Å². The van der Waals surface area contributed by atoms with Crippen LogP contribution in [0.3, 0.4) is 0 Å². The molecule has 2 heterocycles. The van der Waals surface area contributed by atoms with Crippen LogP contribution in [0.25, 0.3) is 11.1 Å². The summed E-state index contributed by atoms with van der Waals surface area (Å²) in [5.74, 6) is -0.384. The highest BCUT2D eigenvalue weighted by molar-refractivity contribution is 7.89. The van der Waals surface area contributed by atoms with Crippen LogP contribution in [0.5, 0.6) is 0 Å². The highest BCUT2D eigenvalue weighted by atomic mass is 32.2. The van der Waals surface area contributed by atoms with Gasteiger partial charge >= 0.3 is 0 Å². The predicted molar refractivity (Wildman–Crippen MR) is 127 cm³/mol. The molecule has 3 aromatic carbocycles. The van der Waals surface area contributed by atoms with Crippen molar-refractivity contribution >= 4 is 15.7 Å². The Morgan fingerprint density at radius 1 is 1.06 bits per heavy atom. The van der Waals surface area contributed by atoms with Gasteiger partial charge < -0.3 is 10.0 Å². The second kappa shape index (κ2) is 8.24. The van der Waals surface area contributed by atoms with E-state index in [4.69, 9.17) is 0 Å². The van der Waals surface area contributed by atoms with Crippen molar-refractivity contribution in [3.63, 3.8) is 0 Å². The SMILES string of the molecule is Cc1cccc(S(=O)(=O)N2CC[C@@H]3[C@H](CO)N(C)c4ccc(-c5ccccc5F)cc4[C@@H]32)c1. The zero-order valence-electron chi connectivity index (χ0n) is 18.6. The third-order valence-electron chi connectivity index (χ3n) is 7.08. The molecule has 1 fully saturated rings. The maximum absolute atomic E-state index is 14.5. The van der Waals surface area contributed by atoms with E-state index in [-0.39, 0.29) is 29.3 Å². The standard InChI is InChI=1S/C26H27FN2O3S/c1-17-6-5-7-19(14-17)33(31,32)29-13-12-21-25(16-30)28(2)24-11-10-18(15-22(24)26(21)29)20-8-3-4-9-23(20)27/h3-11,14-15,21,25-26,30H,12-13,16H2,1-2H3/t21-,25+,26-/m1/s1. The smallest absolute Gasteiger partial charge is 0.243 e. The Balaban J connectivity index is 1.67. The highest BCUT2D eigenvalue weighted by Gasteiger charge is 2.50. The summed E-state index contributed by atoms with van der Waals surface area (Å²) in [7, 11) is -1.82. The number of sulfonamides is 1. The van der Waals surface area contributed by atoms with Gasteiger partial charge in [-0.1, -0.05) is 36.4 Å². The summed E-state index contributed by atoms with van der Waals surface area (Å²) in [5, 5.41) is 10.2. The topological polar surface area (TPSA) is 60.9 Å². The van der Waals surface area contributed by atoms with E-state index >= 15 is 0 Å². The quantitative estimate of drug-likeness (QED) is 0.621. The number of aliphatic hydroxyl groups is 1. The average molecular weight is 467 g/mol. The van der Waals surface area contributed by atoms with Gasteiger partial charge in [-0.2, -0.15) is 4.31 Å². The van der Waals surface area contributed by atoms with Crippen LogP contribution >= 0.6 is 0 Å². The molecular weight excluding hydrogens is 439 g/mol. The molecule has 0 bridgehead atoms. The molecule has 1 saturated heterocycles. The van der Waals surface area contributed by atoms with Crippen molar-refractivity contribution in [2.45, 2.75) is 30.3 Å². The van der Waals surface area contributed by atoms with Gasteiger partial charge in [-0.05, 0) is 60.4 Å². The van der Waals surface area contributed by atoms with Crippen molar-refractivity contribution in [1.82, 2.24) is 4.31 Å². The first kappa shape index (κ1) is 22.1. The van der Waals surface area contributed by atoms with Crippen LogP contribution in [0.4, 0.5) is 10.1 Å². The number of hydrogen-bond donors (Lipinski definition) is 1. The Morgan fingerprint density at radius 2 is 1.85 bits per heavy atom. The minimum Gasteiger partial charge on any atom is -0.394 e. The second-order valence-electron chi connectivity index (χ2n) is 8.94. The van der Waals surface area contributed by atoms with Crippen LogP contribution < -0.4 is 4.90 Å². The minimum absolute atomic E-state index is 0.0650. The van der Waals surface area contributed by atoms with Gasteiger partial charge in [0.15, 0.2) is 0 Å². The maximum atomic E-state index is 14.5. The van der Waals surface area contributed by atoms with E-state index in [9.17, 15) is 17.9 Å². The zero-order valence-corrected chi connectivity index (χ0v) is 19.5. The number of rotatable bonds is 4. The van der Waals surface area contributed by atoms with E-state index in [2.05, 4.69) is 0 Å². The number of likely N-dealkylation sites (N-methyl/N-ethyl adjacent to an activating group) is 1. The minimum atomic E-state index is -3.75. The molecule has 0 amide bonds. The number of nitrogens with zero attached hydrogens (tertiary/aromatic N) is 2. The van der Waals surface area contributed by atoms with Gasteiger partial charge in [-0.25, -0.2) is 12.8 Å². The van der Waals surface area contributed by atoms with Gasteiger partial charge in [0.05, 0.1) is 23.6 Å². The molecule has 5 rings (SSSR count). The third kappa shape index (κ3) is 3.55. The van der Waals surface area contributed by atoms with Crippen LogP contribution in [0, 0.1) is 18.7 Å². The van der Waals surface area contributed by atoms with E-state index in [0.717, 1.165) is 16.8 Å². The Morgan fingerprint density at radius 3 is 2.58 bits per heavy atom. The molecule has 172 valence electrons. The Kier molecular flexibility index (Phi) is 5.51. The lowest BCUT2D eigenvalue weighted by Crippen LogP contribution is -2.48. The van der Waals surface area contributed by atoms with E-state index in [1.807, 2.05) is 43.1 Å². The maximum Gasteiger partial charge on any atom is 0.243 e. The predicted octanol–water partition coefficient (Wildman–Crippen LogP) is 4.36. The third-order valence-corrected chi connectivity index (χ3v) is 8.96. The van der Waals surface area contributed by atoms with Crippen molar-refractivity contribution in [2.24, 2.45) is 5.92 Å². The Labute approximate surface area is 194 Å². The molecule has 0 saturated carbocycles.